The second-order valence-electron chi connectivity index (χ2n) is 4.35. The van der Waals surface area contributed by atoms with Crippen molar-refractivity contribution in [1.82, 2.24) is 5.32 Å². The molecule has 0 saturated carbocycles. The Balaban J connectivity index is 2.10. The van der Waals surface area contributed by atoms with E-state index in [1.54, 1.807) is 0 Å². The summed E-state index contributed by atoms with van der Waals surface area (Å²) in [5.74, 6) is 0. The van der Waals surface area contributed by atoms with Crippen molar-refractivity contribution in [2.75, 3.05) is 0 Å². The summed E-state index contributed by atoms with van der Waals surface area (Å²) in [4.78, 5) is 12.8. The number of thioether (sulfide) groups is 1. The fraction of sp³-hybridized carbons (Fsp3) is 0.267. The molecule has 0 aliphatic rings. The van der Waals surface area contributed by atoms with Crippen LogP contribution in [-0.2, 0) is 0 Å². The van der Waals surface area contributed by atoms with Crippen LogP contribution in [0, 0.1) is 0 Å². The third-order valence-electron chi connectivity index (χ3n) is 2.91. The van der Waals surface area contributed by atoms with Crippen molar-refractivity contribution in [3.05, 3.63) is 42.5 Å². The number of amides is 1. The van der Waals surface area contributed by atoms with E-state index in [1.807, 2.05) is 31.2 Å². The summed E-state index contributed by atoms with van der Waals surface area (Å²) in [6.07, 6.45) is 0.948. The quantitative estimate of drug-likeness (QED) is 0.826. The number of hydrogen-bond donors (Lipinski definition) is 1. The molecule has 18 heavy (non-hydrogen) atoms. The summed E-state index contributed by atoms with van der Waals surface area (Å²) in [5, 5.41) is 5.33. The highest BCUT2D eigenvalue weighted by molar-refractivity contribution is 8.13. The minimum Gasteiger partial charge on any atom is -0.344 e. The Kier molecular flexibility index (Phi) is 4.26. The van der Waals surface area contributed by atoms with E-state index in [2.05, 4.69) is 30.4 Å². The molecule has 2 rings (SSSR count). The molecule has 1 N–H and O–H groups in total. The standard InChI is InChI=1S/C15H17NOS/c1-3-11(2)16-15(17)18-14-9-8-12-6-4-5-7-13(12)10-14/h4-11H,3H2,1-2H3,(H,16,17). The third-order valence-corrected chi connectivity index (χ3v) is 3.70. The Morgan fingerprint density at radius 2 is 1.94 bits per heavy atom. The van der Waals surface area contributed by atoms with Gasteiger partial charge in [0, 0.05) is 10.9 Å². The van der Waals surface area contributed by atoms with E-state index in [1.165, 1.54) is 22.5 Å². The molecule has 2 nitrogen and oxygen atoms in total. The van der Waals surface area contributed by atoms with Gasteiger partial charge in [0.15, 0.2) is 0 Å². The van der Waals surface area contributed by atoms with Gasteiger partial charge in [-0.2, -0.15) is 0 Å². The maximum atomic E-state index is 11.8. The van der Waals surface area contributed by atoms with Crippen LogP contribution in [0.15, 0.2) is 47.4 Å². The summed E-state index contributed by atoms with van der Waals surface area (Å²) in [6.45, 7) is 4.07. The smallest absolute Gasteiger partial charge is 0.284 e. The first kappa shape index (κ1) is 13.0. The highest BCUT2D eigenvalue weighted by Gasteiger charge is 2.07. The van der Waals surface area contributed by atoms with Crippen LogP contribution in [0.1, 0.15) is 20.3 Å². The van der Waals surface area contributed by atoms with Gasteiger partial charge in [-0.05, 0) is 48.0 Å². The van der Waals surface area contributed by atoms with Gasteiger partial charge in [0.2, 0.25) is 0 Å². The molecule has 0 saturated heterocycles. The zero-order valence-electron chi connectivity index (χ0n) is 10.6. The number of carbonyl (C=O) groups excluding carboxylic acids is 1. The normalized spacial score (nSPS) is 12.3. The average Bonchev–Trinajstić information content (AvgIpc) is 2.38. The Labute approximate surface area is 112 Å². The molecule has 0 spiro atoms. The minimum atomic E-state index is 0.0135. The predicted molar refractivity (Wildman–Crippen MR) is 78.1 cm³/mol. The fourth-order valence-electron chi connectivity index (χ4n) is 1.67. The lowest BCUT2D eigenvalue weighted by atomic mass is 10.1. The van der Waals surface area contributed by atoms with E-state index in [4.69, 9.17) is 0 Å². The number of hydrogen-bond acceptors (Lipinski definition) is 2. The molecule has 0 radical (unpaired) electrons. The number of benzene rings is 2. The van der Waals surface area contributed by atoms with E-state index < -0.39 is 0 Å². The Morgan fingerprint density at radius 1 is 1.22 bits per heavy atom. The van der Waals surface area contributed by atoms with Crippen LogP contribution in [0.4, 0.5) is 4.79 Å². The van der Waals surface area contributed by atoms with Gasteiger partial charge >= 0.3 is 0 Å². The van der Waals surface area contributed by atoms with Crippen molar-refractivity contribution in [2.45, 2.75) is 31.2 Å². The average molecular weight is 259 g/mol. The van der Waals surface area contributed by atoms with Gasteiger partial charge in [0.25, 0.3) is 5.24 Å². The molecule has 3 heteroatoms. The highest BCUT2D eigenvalue weighted by Crippen LogP contribution is 2.24. The lowest BCUT2D eigenvalue weighted by Crippen LogP contribution is -2.28. The summed E-state index contributed by atoms with van der Waals surface area (Å²) in [6, 6.07) is 14.5. The first-order valence-corrected chi connectivity index (χ1v) is 6.98. The van der Waals surface area contributed by atoms with Crippen LogP contribution >= 0.6 is 11.8 Å². The maximum Gasteiger partial charge on any atom is 0.284 e. The highest BCUT2D eigenvalue weighted by atomic mass is 32.2. The summed E-state index contributed by atoms with van der Waals surface area (Å²) >= 11 is 1.25. The lowest BCUT2D eigenvalue weighted by Gasteiger charge is -2.10. The van der Waals surface area contributed by atoms with Crippen LogP contribution in [0.2, 0.25) is 0 Å². The Bertz CT molecular complexity index is 553. The minimum absolute atomic E-state index is 0.0135. The van der Waals surface area contributed by atoms with Crippen molar-refractivity contribution >= 4 is 27.8 Å². The van der Waals surface area contributed by atoms with Gasteiger partial charge in [-0.1, -0.05) is 37.3 Å². The number of rotatable bonds is 3. The Hall–Kier alpha value is -1.48. The fourth-order valence-corrected chi connectivity index (χ4v) is 2.47. The topological polar surface area (TPSA) is 29.1 Å². The molecule has 1 unspecified atom stereocenters. The monoisotopic (exact) mass is 259 g/mol. The Morgan fingerprint density at radius 3 is 2.67 bits per heavy atom. The molecule has 0 fully saturated rings. The largest absolute Gasteiger partial charge is 0.344 e. The van der Waals surface area contributed by atoms with Gasteiger partial charge in [-0.3, -0.25) is 4.79 Å². The summed E-state index contributed by atoms with van der Waals surface area (Å²) in [5.41, 5.74) is 0. The molecule has 0 aromatic heterocycles. The molecule has 1 amide bonds. The van der Waals surface area contributed by atoms with Gasteiger partial charge in [-0.15, -0.1) is 0 Å². The van der Waals surface area contributed by atoms with Crippen molar-refractivity contribution in [2.24, 2.45) is 0 Å². The SMILES string of the molecule is CCC(C)NC(=O)Sc1ccc2ccccc2c1. The second-order valence-corrected chi connectivity index (χ2v) is 5.40. The van der Waals surface area contributed by atoms with Crippen molar-refractivity contribution in [3.63, 3.8) is 0 Å². The van der Waals surface area contributed by atoms with Gasteiger partial charge in [-0.25, -0.2) is 0 Å². The first-order valence-electron chi connectivity index (χ1n) is 6.16. The molecular formula is C15H17NOS. The van der Waals surface area contributed by atoms with E-state index in [9.17, 15) is 4.79 Å². The molecular weight excluding hydrogens is 242 g/mol. The maximum absolute atomic E-state index is 11.8. The van der Waals surface area contributed by atoms with Crippen LogP contribution in [0.25, 0.3) is 10.8 Å². The zero-order chi connectivity index (χ0) is 13.0. The number of carbonyl (C=O) groups is 1. The van der Waals surface area contributed by atoms with E-state index in [0.29, 0.717) is 0 Å². The number of nitrogens with one attached hydrogen (secondary N) is 1. The molecule has 1 atom stereocenters. The molecule has 2 aromatic rings. The summed E-state index contributed by atoms with van der Waals surface area (Å²) < 4.78 is 0. The second kappa shape index (κ2) is 5.91. The molecule has 2 aromatic carbocycles. The van der Waals surface area contributed by atoms with Crippen LogP contribution in [0.3, 0.4) is 0 Å². The van der Waals surface area contributed by atoms with Crippen molar-refractivity contribution in [1.29, 1.82) is 0 Å². The van der Waals surface area contributed by atoms with Crippen LogP contribution in [0.5, 0.6) is 0 Å². The van der Waals surface area contributed by atoms with E-state index >= 15 is 0 Å². The van der Waals surface area contributed by atoms with Gasteiger partial charge < -0.3 is 5.32 Å². The zero-order valence-corrected chi connectivity index (χ0v) is 11.5. The van der Waals surface area contributed by atoms with Gasteiger partial charge in [0.05, 0.1) is 0 Å². The number of fused-ring (bicyclic) bond motifs is 1. The van der Waals surface area contributed by atoms with Crippen molar-refractivity contribution in [3.8, 4) is 0 Å². The first-order chi connectivity index (χ1) is 8.69. The molecule has 0 heterocycles. The third kappa shape index (κ3) is 3.26. The van der Waals surface area contributed by atoms with Gasteiger partial charge in [0.1, 0.15) is 0 Å². The van der Waals surface area contributed by atoms with Crippen molar-refractivity contribution < 1.29 is 4.79 Å². The lowest BCUT2D eigenvalue weighted by molar-refractivity contribution is 0.258. The van der Waals surface area contributed by atoms with E-state index in [-0.39, 0.29) is 11.3 Å². The van der Waals surface area contributed by atoms with Crippen LogP contribution < -0.4 is 5.32 Å². The molecule has 0 bridgehead atoms. The van der Waals surface area contributed by atoms with Crippen LogP contribution in [-0.4, -0.2) is 11.3 Å². The molecule has 94 valence electrons. The molecule has 0 aliphatic carbocycles. The van der Waals surface area contributed by atoms with E-state index in [0.717, 1.165) is 11.3 Å². The summed E-state index contributed by atoms with van der Waals surface area (Å²) in [7, 11) is 0. The predicted octanol–water partition coefficient (Wildman–Crippen LogP) is 4.44. The molecule has 0 aliphatic heterocycles.